The first-order valence-corrected chi connectivity index (χ1v) is 13.2. The molecule has 1 aromatic heterocycles. The molecule has 1 aliphatic rings. The fourth-order valence-corrected chi connectivity index (χ4v) is 4.60. The van der Waals surface area contributed by atoms with Crippen LogP contribution in [0.5, 0.6) is 0 Å². The van der Waals surface area contributed by atoms with Gasteiger partial charge in [0.1, 0.15) is 11.6 Å². The van der Waals surface area contributed by atoms with Gasteiger partial charge in [0.05, 0.1) is 17.8 Å². The molecule has 0 aliphatic carbocycles. The Morgan fingerprint density at radius 1 is 0.927 bits per heavy atom. The summed E-state index contributed by atoms with van der Waals surface area (Å²) in [7, 11) is 0. The lowest BCUT2D eigenvalue weighted by Crippen LogP contribution is -2.45. The number of nitrogens with one attached hydrogen (secondary N) is 3. The van der Waals surface area contributed by atoms with Crippen molar-refractivity contribution in [1.82, 2.24) is 14.8 Å². The molecule has 1 saturated heterocycles. The van der Waals surface area contributed by atoms with Crippen molar-refractivity contribution in [2.75, 3.05) is 55.2 Å². The molecule has 12 heteroatoms. The Balaban J connectivity index is 1.36. The normalized spacial score (nSPS) is 14.5. The van der Waals surface area contributed by atoms with E-state index in [9.17, 15) is 27.2 Å². The standard InChI is InChI=1S/C29H32F4N6O2/c1-3-38-10-12-39(13-11-38)18-22-4-7-23(15-24(22)29(31,32)33)37-28(41)17-34-26-8-5-20(14-25(26)30)21-6-9-27(35-16-21)36-19(2)40/h4-9,14-16,34H,3,10-13,17-18H2,1-2H3,(H,37,41)(H,35,36,40). The molecule has 0 spiro atoms. The van der Waals surface area contributed by atoms with Gasteiger partial charge in [-0.3, -0.25) is 14.5 Å². The zero-order valence-corrected chi connectivity index (χ0v) is 22.8. The summed E-state index contributed by atoms with van der Waals surface area (Å²) in [5.74, 6) is -1.13. The second-order valence-electron chi connectivity index (χ2n) is 9.79. The number of pyridine rings is 1. The van der Waals surface area contributed by atoms with Gasteiger partial charge in [0, 0.05) is 57.1 Å². The van der Waals surface area contributed by atoms with Gasteiger partial charge in [-0.15, -0.1) is 0 Å². The van der Waals surface area contributed by atoms with Gasteiger partial charge in [-0.2, -0.15) is 13.2 Å². The number of aromatic nitrogens is 1. The second-order valence-corrected chi connectivity index (χ2v) is 9.79. The molecule has 0 atom stereocenters. The Kier molecular flexibility index (Phi) is 9.56. The first kappa shape index (κ1) is 29.9. The number of anilines is 3. The van der Waals surface area contributed by atoms with Crippen molar-refractivity contribution >= 4 is 29.0 Å². The number of carbonyl (C=O) groups excluding carboxylic acids is 2. The Morgan fingerprint density at radius 2 is 1.63 bits per heavy atom. The van der Waals surface area contributed by atoms with Crippen LogP contribution < -0.4 is 16.0 Å². The van der Waals surface area contributed by atoms with Gasteiger partial charge in [-0.1, -0.05) is 19.1 Å². The smallest absolute Gasteiger partial charge is 0.374 e. The molecule has 0 bridgehead atoms. The van der Waals surface area contributed by atoms with Crippen molar-refractivity contribution in [3.05, 3.63) is 71.7 Å². The number of alkyl halides is 3. The molecule has 2 aromatic carbocycles. The molecule has 2 amide bonds. The van der Waals surface area contributed by atoms with Crippen molar-refractivity contribution < 1.29 is 27.2 Å². The number of carbonyl (C=O) groups is 2. The summed E-state index contributed by atoms with van der Waals surface area (Å²) in [5, 5.41) is 7.69. The van der Waals surface area contributed by atoms with Crippen LogP contribution in [0.15, 0.2) is 54.7 Å². The minimum Gasteiger partial charge on any atom is -0.374 e. The number of likely N-dealkylation sites (N-methyl/N-ethyl adjacent to an activating group) is 1. The Morgan fingerprint density at radius 3 is 2.24 bits per heavy atom. The Hall–Kier alpha value is -4.03. The zero-order chi connectivity index (χ0) is 29.6. The van der Waals surface area contributed by atoms with Crippen LogP contribution in [0.4, 0.5) is 34.8 Å². The third-order valence-corrected chi connectivity index (χ3v) is 6.81. The SMILES string of the molecule is CCN1CCN(Cc2ccc(NC(=O)CNc3ccc(-c4ccc(NC(C)=O)nc4)cc3F)cc2C(F)(F)F)CC1. The van der Waals surface area contributed by atoms with Crippen molar-refractivity contribution in [1.29, 1.82) is 0 Å². The van der Waals surface area contributed by atoms with E-state index in [0.29, 0.717) is 30.0 Å². The maximum absolute atomic E-state index is 14.7. The molecule has 1 fully saturated rings. The van der Waals surface area contributed by atoms with Crippen LogP contribution in [-0.2, 0) is 22.3 Å². The highest BCUT2D eigenvalue weighted by Crippen LogP contribution is 2.34. The topological polar surface area (TPSA) is 89.6 Å². The fourth-order valence-electron chi connectivity index (χ4n) is 4.60. The van der Waals surface area contributed by atoms with Crippen LogP contribution in [0, 0.1) is 5.82 Å². The summed E-state index contributed by atoms with van der Waals surface area (Å²) in [5.41, 5.74) is 0.583. The quantitative estimate of drug-likeness (QED) is 0.311. The first-order valence-electron chi connectivity index (χ1n) is 13.2. The largest absolute Gasteiger partial charge is 0.416 e. The maximum atomic E-state index is 14.7. The molecule has 4 rings (SSSR count). The molecule has 2 heterocycles. The predicted molar refractivity (Wildman–Crippen MR) is 150 cm³/mol. The summed E-state index contributed by atoms with van der Waals surface area (Å²) < 4.78 is 56.3. The van der Waals surface area contributed by atoms with Crippen LogP contribution in [0.3, 0.4) is 0 Å². The van der Waals surface area contributed by atoms with Crippen molar-refractivity contribution in [2.45, 2.75) is 26.6 Å². The van der Waals surface area contributed by atoms with E-state index in [-0.39, 0.29) is 35.9 Å². The summed E-state index contributed by atoms with van der Waals surface area (Å²) in [4.78, 5) is 32.0. The minimum atomic E-state index is -4.58. The molecule has 3 N–H and O–H groups in total. The molecule has 218 valence electrons. The monoisotopic (exact) mass is 572 g/mol. The fraction of sp³-hybridized carbons (Fsp3) is 0.345. The number of hydrogen-bond acceptors (Lipinski definition) is 6. The van der Waals surface area contributed by atoms with Crippen molar-refractivity contribution in [2.24, 2.45) is 0 Å². The number of piperazine rings is 1. The third-order valence-electron chi connectivity index (χ3n) is 6.81. The molecule has 3 aromatic rings. The predicted octanol–water partition coefficient (Wildman–Crippen LogP) is 5.05. The van der Waals surface area contributed by atoms with E-state index in [2.05, 4.69) is 32.8 Å². The average Bonchev–Trinajstić information content (AvgIpc) is 2.93. The van der Waals surface area contributed by atoms with Gasteiger partial charge in [-0.25, -0.2) is 9.37 Å². The van der Waals surface area contributed by atoms with Crippen LogP contribution in [0.1, 0.15) is 25.0 Å². The van der Waals surface area contributed by atoms with Crippen LogP contribution in [-0.4, -0.2) is 65.9 Å². The zero-order valence-electron chi connectivity index (χ0n) is 22.8. The lowest BCUT2D eigenvalue weighted by atomic mass is 10.0. The average molecular weight is 573 g/mol. The van der Waals surface area contributed by atoms with Crippen molar-refractivity contribution in [3.63, 3.8) is 0 Å². The first-order chi connectivity index (χ1) is 19.5. The van der Waals surface area contributed by atoms with E-state index in [0.717, 1.165) is 25.7 Å². The number of hydrogen-bond donors (Lipinski definition) is 3. The van der Waals surface area contributed by atoms with Gasteiger partial charge in [0.25, 0.3) is 0 Å². The lowest BCUT2D eigenvalue weighted by Gasteiger charge is -2.34. The highest BCUT2D eigenvalue weighted by Gasteiger charge is 2.34. The number of amides is 2. The third kappa shape index (κ3) is 8.24. The number of nitrogens with zero attached hydrogens (tertiary/aromatic N) is 3. The Bertz CT molecular complexity index is 1370. The molecule has 8 nitrogen and oxygen atoms in total. The molecular formula is C29H32F4N6O2. The maximum Gasteiger partial charge on any atom is 0.416 e. The van der Waals surface area contributed by atoms with Crippen LogP contribution in [0.25, 0.3) is 11.1 Å². The summed E-state index contributed by atoms with van der Waals surface area (Å²) in [6.45, 7) is 7.16. The van der Waals surface area contributed by atoms with E-state index < -0.39 is 23.5 Å². The van der Waals surface area contributed by atoms with E-state index >= 15 is 0 Å². The molecule has 0 radical (unpaired) electrons. The second kappa shape index (κ2) is 13.1. The number of rotatable bonds is 9. The van der Waals surface area contributed by atoms with Gasteiger partial charge in [-0.05, 0) is 54.1 Å². The molecule has 0 saturated carbocycles. The highest BCUT2D eigenvalue weighted by atomic mass is 19.4. The minimum absolute atomic E-state index is 0.00899. The van der Waals surface area contributed by atoms with E-state index in [1.807, 2.05) is 4.90 Å². The van der Waals surface area contributed by atoms with Crippen LogP contribution in [0.2, 0.25) is 0 Å². The van der Waals surface area contributed by atoms with Gasteiger partial charge < -0.3 is 20.9 Å². The lowest BCUT2D eigenvalue weighted by molar-refractivity contribution is -0.138. The molecule has 41 heavy (non-hydrogen) atoms. The van der Waals surface area contributed by atoms with Gasteiger partial charge in [0.15, 0.2) is 0 Å². The Labute approximate surface area is 235 Å². The summed E-state index contributed by atoms with van der Waals surface area (Å²) >= 11 is 0. The summed E-state index contributed by atoms with van der Waals surface area (Å²) in [6, 6.07) is 11.4. The van der Waals surface area contributed by atoms with E-state index in [4.69, 9.17) is 0 Å². The number of halogens is 4. The van der Waals surface area contributed by atoms with Crippen LogP contribution >= 0.6 is 0 Å². The molecular weight excluding hydrogens is 540 g/mol. The number of benzene rings is 2. The summed E-state index contributed by atoms with van der Waals surface area (Å²) in [6.07, 6.45) is -3.09. The molecule has 0 unspecified atom stereocenters. The van der Waals surface area contributed by atoms with E-state index in [1.165, 1.54) is 37.4 Å². The van der Waals surface area contributed by atoms with Gasteiger partial charge in [0.2, 0.25) is 11.8 Å². The van der Waals surface area contributed by atoms with Gasteiger partial charge >= 0.3 is 6.18 Å². The van der Waals surface area contributed by atoms with Crippen molar-refractivity contribution in [3.8, 4) is 11.1 Å². The molecule has 1 aliphatic heterocycles. The van der Waals surface area contributed by atoms with E-state index in [1.54, 1.807) is 18.2 Å². The highest BCUT2D eigenvalue weighted by molar-refractivity contribution is 5.94.